The molecule has 1 amide bonds. The number of rotatable bonds is 8. The molecule has 180 valence electrons. The van der Waals surface area contributed by atoms with E-state index in [0.717, 1.165) is 18.8 Å². The second-order valence-electron chi connectivity index (χ2n) is 7.12. The van der Waals surface area contributed by atoms with Crippen LogP contribution >= 0.6 is 24.0 Å². The van der Waals surface area contributed by atoms with Crippen LogP contribution in [0.25, 0.3) is 0 Å². The molecule has 1 aliphatic rings. The maximum atomic E-state index is 12.6. The van der Waals surface area contributed by atoms with Crippen molar-refractivity contribution in [2.24, 2.45) is 4.99 Å². The van der Waals surface area contributed by atoms with Crippen LogP contribution in [0.1, 0.15) is 13.3 Å². The summed E-state index contributed by atoms with van der Waals surface area (Å²) in [6.45, 7) is 5.85. The first-order valence-corrected chi connectivity index (χ1v) is 10.7. The number of guanidine groups is 1. The number of ether oxygens (including phenoxy) is 2. The molecule has 33 heavy (non-hydrogen) atoms. The maximum absolute atomic E-state index is 12.6. The van der Waals surface area contributed by atoms with Crippen molar-refractivity contribution in [1.82, 2.24) is 20.2 Å². The van der Waals surface area contributed by atoms with E-state index in [1.54, 1.807) is 32.7 Å². The van der Waals surface area contributed by atoms with Crippen molar-refractivity contribution < 1.29 is 14.3 Å². The van der Waals surface area contributed by atoms with Gasteiger partial charge in [-0.1, -0.05) is 0 Å². The highest BCUT2D eigenvalue weighted by molar-refractivity contribution is 14.0. The molecule has 0 atom stereocenters. The van der Waals surface area contributed by atoms with Gasteiger partial charge in [0.15, 0.2) is 17.5 Å². The van der Waals surface area contributed by atoms with Crippen LogP contribution in [0, 0.1) is 0 Å². The molecule has 1 fully saturated rings. The Morgan fingerprint density at radius 3 is 2.42 bits per heavy atom. The average Bonchev–Trinajstić information content (AvgIpc) is 2.84. The molecule has 3 rings (SSSR count). The SMILES string of the molecule is CCNC(=NCCC(=O)N1CCN(c2ncccn2)CC1)Nc1ccc(OC)c(OC)c1.I. The minimum absolute atomic E-state index is 0. The van der Waals surface area contributed by atoms with Gasteiger partial charge in [0, 0.05) is 63.3 Å². The molecule has 0 aliphatic carbocycles. The largest absolute Gasteiger partial charge is 0.493 e. The second kappa shape index (κ2) is 13.7. The summed E-state index contributed by atoms with van der Waals surface area (Å²) in [6, 6.07) is 7.35. The van der Waals surface area contributed by atoms with Crippen molar-refractivity contribution in [2.75, 3.05) is 63.7 Å². The third kappa shape index (κ3) is 7.62. The van der Waals surface area contributed by atoms with E-state index >= 15 is 0 Å². The summed E-state index contributed by atoms with van der Waals surface area (Å²) >= 11 is 0. The second-order valence-corrected chi connectivity index (χ2v) is 7.12. The number of methoxy groups -OCH3 is 2. The number of piperazine rings is 1. The van der Waals surface area contributed by atoms with Crippen molar-refractivity contribution in [3.05, 3.63) is 36.7 Å². The van der Waals surface area contributed by atoms with E-state index in [-0.39, 0.29) is 29.9 Å². The third-order valence-electron chi connectivity index (χ3n) is 5.05. The number of amides is 1. The molecule has 11 heteroatoms. The van der Waals surface area contributed by atoms with E-state index < -0.39 is 0 Å². The number of nitrogens with zero attached hydrogens (tertiary/aromatic N) is 5. The van der Waals surface area contributed by atoms with Gasteiger partial charge in [-0.3, -0.25) is 9.79 Å². The zero-order valence-corrected chi connectivity index (χ0v) is 21.6. The minimum Gasteiger partial charge on any atom is -0.493 e. The monoisotopic (exact) mass is 569 g/mol. The average molecular weight is 569 g/mol. The van der Waals surface area contributed by atoms with Crippen molar-refractivity contribution >= 4 is 47.5 Å². The van der Waals surface area contributed by atoms with Gasteiger partial charge in [-0.25, -0.2) is 9.97 Å². The van der Waals surface area contributed by atoms with Crippen molar-refractivity contribution in [3.63, 3.8) is 0 Å². The molecule has 1 saturated heterocycles. The van der Waals surface area contributed by atoms with Gasteiger partial charge in [-0.2, -0.15) is 0 Å². The van der Waals surface area contributed by atoms with Gasteiger partial charge in [-0.05, 0) is 25.1 Å². The number of carbonyl (C=O) groups excluding carboxylic acids is 1. The standard InChI is InChI=1S/C22H31N7O3.HI/c1-4-23-21(27-17-6-7-18(31-2)19(16-17)32-3)24-11-8-20(30)28-12-14-29(15-13-28)22-25-9-5-10-26-22;/h5-7,9-10,16H,4,8,11-15H2,1-3H3,(H2,23,24,27);1H. The van der Waals surface area contributed by atoms with E-state index in [1.807, 2.05) is 30.0 Å². The number of hydrogen-bond donors (Lipinski definition) is 2. The number of hydrogen-bond acceptors (Lipinski definition) is 7. The van der Waals surface area contributed by atoms with Crippen LogP contribution in [0.15, 0.2) is 41.7 Å². The lowest BCUT2D eigenvalue weighted by molar-refractivity contribution is -0.131. The summed E-state index contributed by atoms with van der Waals surface area (Å²) in [5.74, 6) is 2.71. The molecule has 0 saturated carbocycles. The number of halogens is 1. The zero-order valence-electron chi connectivity index (χ0n) is 19.3. The highest BCUT2D eigenvalue weighted by atomic mass is 127. The van der Waals surface area contributed by atoms with Gasteiger partial charge in [0.25, 0.3) is 0 Å². The first-order chi connectivity index (χ1) is 15.6. The Morgan fingerprint density at radius 2 is 1.79 bits per heavy atom. The van der Waals surface area contributed by atoms with Gasteiger partial charge in [0.2, 0.25) is 11.9 Å². The minimum atomic E-state index is 0. The summed E-state index contributed by atoms with van der Waals surface area (Å²) in [6.07, 6.45) is 3.82. The maximum Gasteiger partial charge on any atom is 0.225 e. The number of anilines is 2. The predicted molar refractivity (Wildman–Crippen MR) is 140 cm³/mol. The molecular weight excluding hydrogens is 537 g/mol. The third-order valence-corrected chi connectivity index (χ3v) is 5.05. The first-order valence-electron chi connectivity index (χ1n) is 10.7. The molecular formula is C22H32IN7O3. The fourth-order valence-electron chi connectivity index (χ4n) is 3.39. The molecule has 10 nitrogen and oxygen atoms in total. The molecule has 1 aliphatic heterocycles. The van der Waals surface area contributed by atoms with Gasteiger partial charge in [0.05, 0.1) is 20.8 Å². The zero-order chi connectivity index (χ0) is 22.8. The van der Waals surface area contributed by atoms with E-state index in [1.165, 1.54) is 0 Å². The van der Waals surface area contributed by atoms with Crippen LogP contribution < -0.4 is 25.0 Å². The highest BCUT2D eigenvalue weighted by Gasteiger charge is 2.22. The summed E-state index contributed by atoms with van der Waals surface area (Å²) in [4.78, 5) is 29.7. The smallest absolute Gasteiger partial charge is 0.225 e. The van der Waals surface area contributed by atoms with E-state index in [2.05, 4.69) is 30.5 Å². The summed E-state index contributed by atoms with van der Waals surface area (Å²) in [7, 11) is 3.20. The Balaban J connectivity index is 0.00000385. The topological polar surface area (TPSA) is 104 Å². The lowest BCUT2D eigenvalue weighted by Crippen LogP contribution is -2.49. The van der Waals surface area contributed by atoms with Gasteiger partial charge in [-0.15, -0.1) is 24.0 Å². The van der Waals surface area contributed by atoms with E-state index in [4.69, 9.17) is 9.47 Å². The molecule has 2 heterocycles. The number of aromatic nitrogens is 2. The molecule has 1 aromatic carbocycles. The Morgan fingerprint density at radius 1 is 1.09 bits per heavy atom. The molecule has 2 N–H and O–H groups in total. The molecule has 0 bridgehead atoms. The van der Waals surface area contributed by atoms with Gasteiger partial charge in [0.1, 0.15) is 0 Å². The van der Waals surface area contributed by atoms with Crippen molar-refractivity contribution in [1.29, 1.82) is 0 Å². The van der Waals surface area contributed by atoms with Gasteiger partial charge < -0.3 is 29.9 Å². The van der Waals surface area contributed by atoms with Gasteiger partial charge >= 0.3 is 0 Å². The lowest BCUT2D eigenvalue weighted by atomic mass is 10.2. The van der Waals surface area contributed by atoms with Crippen LogP contribution in [0.5, 0.6) is 11.5 Å². The van der Waals surface area contributed by atoms with Crippen LogP contribution in [-0.2, 0) is 4.79 Å². The normalized spacial score (nSPS) is 13.7. The molecule has 0 radical (unpaired) electrons. The van der Waals surface area contributed by atoms with Crippen LogP contribution in [0.3, 0.4) is 0 Å². The number of carbonyl (C=O) groups is 1. The Labute approximate surface area is 211 Å². The Hall–Kier alpha value is -2.83. The number of aliphatic imine (C=N–C) groups is 1. The fourth-order valence-corrected chi connectivity index (χ4v) is 3.39. The quantitative estimate of drug-likeness (QED) is 0.284. The Kier molecular flexibility index (Phi) is 10.9. The summed E-state index contributed by atoms with van der Waals surface area (Å²) < 4.78 is 10.6. The lowest BCUT2D eigenvalue weighted by Gasteiger charge is -2.34. The molecule has 1 aromatic heterocycles. The molecule has 0 spiro atoms. The molecule has 0 unspecified atom stereocenters. The number of benzene rings is 1. The predicted octanol–water partition coefficient (Wildman–Crippen LogP) is 2.23. The van der Waals surface area contributed by atoms with Crippen LogP contribution in [-0.4, -0.2) is 80.2 Å². The van der Waals surface area contributed by atoms with Crippen molar-refractivity contribution in [2.45, 2.75) is 13.3 Å². The van der Waals surface area contributed by atoms with Crippen LogP contribution in [0.4, 0.5) is 11.6 Å². The van der Waals surface area contributed by atoms with E-state index in [9.17, 15) is 4.79 Å². The van der Waals surface area contributed by atoms with Crippen LogP contribution in [0.2, 0.25) is 0 Å². The summed E-state index contributed by atoms with van der Waals surface area (Å²) in [5.41, 5.74) is 0.813. The van der Waals surface area contributed by atoms with E-state index in [0.29, 0.717) is 56.0 Å². The van der Waals surface area contributed by atoms with Crippen molar-refractivity contribution in [3.8, 4) is 11.5 Å². The molecule has 2 aromatic rings. The Bertz CT molecular complexity index is 906. The highest BCUT2D eigenvalue weighted by Crippen LogP contribution is 2.29. The number of nitrogens with one attached hydrogen (secondary N) is 2. The fraction of sp³-hybridized carbons (Fsp3) is 0.455. The summed E-state index contributed by atoms with van der Waals surface area (Å²) in [5, 5.41) is 6.44. The first kappa shape index (κ1) is 26.4.